The van der Waals surface area contributed by atoms with Gasteiger partial charge in [-0.1, -0.05) is 6.07 Å². The zero-order valence-corrected chi connectivity index (χ0v) is 15.2. The number of rotatable bonds is 4. The van der Waals surface area contributed by atoms with Crippen LogP contribution in [0, 0.1) is 17.0 Å². The summed E-state index contributed by atoms with van der Waals surface area (Å²) < 4.78 is 31.8. The Hall–Kier alpha value is -3.50. The third-order valence-electron chi connectivity index (χ3n) is 4.05. The molecule has 3 aromatic carbocycles. The Labute approximate surface area is 159 Å². The highest BCUT2D eigenvalue weighted by atomic mass is 32.2. The number of fused-ring (bicyclic) bond motifs is 1. The number of carbonyl (C=O) groups is 1. The van der Waals surface area contributed by atoms with Crippen molar-refractivity contribution in [2.75, 3.05) is 5.32 Å². The number of aromatic hydroxyl groups is 1. The molecule has 0 bridgehead atoms. The lowest BCUT2D eigenvalue weighted by Gasteiger charge is -2.10. The minimum absolute atomic E-state index is 0.0948. The average Bonchev–Trinajstić information content (AvgIpc) is 2.60. The SMILES string of the molecule is Cc1ccc(C(=O)Nc2cc(O)c3ccc(S(=O)(=O)O)cc3c2)c([N+](=O)[O-])c1. The molecule has 0 aliphatic heterocycles. The lowest BCUT2D eigenvalue weighted by Crippen LogP contribution is -2.14. The molecule has 0 saturated carbocycles. The molecule has 0 spiro atoms. The van der Waals surface area contributed by atoms with Crippen molar-refractivity contribution < 1.29 is 27.8 Å². The molecule has 0 fully saturated rings. The molecule has 3 aromatic rings. The Morgan fingerprint density at radius 3 is 2.46 bits per heavy atom. The number of phenols is 1. The molecule has 0 aliphatic carbocycles. The van der Waals surface area contributed by atoms with Gasteiger partial charge in [-0.2, -0.15) is 8.42 Å². The first kappa shape index (κ1) is 19.3. The number of phenolic OH excluding ortho intramolecular Hbond substituents is 1. The van der Waals surface area contributed by atoms with Gasteiger partial charge in [-0.3, -0.25) is 19.5 Å². The maximum Gasteiger partial charge on any atom is 0.294 e. The smallest absolute Gasteiger partial charge is 0.294 e. The van der Waals surface area contributed by atoms with Crippen molar-refractivity contribution in [1.29, 1.82) is 0 Å². The molecule has 3 N–H and O–H groups in total. The lowest BCUT2D eigenvalue weighted by atomic mass is 10.1. The van der Waals surface area contributed by atoms with Gasteiger partial charge >= 0.3 is 0 Å². The number of carbonyl (C=O) groups excluding carboxylic acids is 1. The predicted molar refractivity (Wildman–Crippen MR) is 101 cm³/mol. The van der Waals surface area contributed by atoms with Crippen LogP contribution in [-0.2, 0) is 10.1 Å². The summed E-state index contributed by atoms with van der Waals surface area (Å²) in [5.74, 6) is -1.01. The highest BCUT2D eigenvalue weighted by Crippen LogP contribution is 2.31. The van der Waals surface area contributed by atoms with E-state index in [2.05, 4.69) is 5.32 Å². The summed E-state index contributed by atoms with van der Waals surface area (Å²) in [6.45, 7) is 1.66. The van der Waals surface area contributed by atoms with Crippen LogP contribution in [0.4, 0.5) is 11.4 Å². The van der Waals surface area contributed by atoms with Crippen molar-refractivity contribution >= 4 is 38.2 Å². The normalized spacial score (nSPS) is 11.4. The van der Waals surface area contributed by atoms with E-state index in [1.54, 1.807) is 13.0 Å². The van der Waals surface area contributed by atoms with Gasteiger partial charge in [0.1, 0.15) is 11.3 Å². The van der Waals surface area contributed by atoms with Crippen LogP contribution >= 0.6 is 0 Å². The van der Waals surface area contributed by atoms with E-state index < -0.39 is 20.9 Å². The van der Waals surface area contributed by atoms with E-state index in [-0.39, 0.29) is 33.0 Å². The second kappa shape index (κ2) is 6.91. The molecule has 144 valence electrons. The quantitative estimate of drug-likeness (QED) is 0.345. The number of nitrogens with one attached hydrogen (secondary N) is 1. The fraction of sp³-hybridized carbons (Fsp3) is 0.0556. The van der Waals surface area contributed by atoms with Crippen LogP contribution in [0.15, 0.2) is 53.4 Å². The average molecular weight is 402 g/mol. The molecular weight excluding hydrogens is 388 g/mol. The van der Waals surface area contributed by atoms with E-state index >= 15 is 0 Å². The summed E-state index contributed by atoms with van der Waals surface area (Å²) in [5.41, 5.74) is 0.180. The number of nitrogens with zero attached hydrogens (tertiary/aromatic N) is 1. The highest BCUT2D eigenvalue weighted by Gasteiger charge is 2.21. The first-order valence-corrected chi connectivity index (χ1v) is 9.31. The van der Waals surface area contributed by atoms with Crippen LogP contribution in [0.25, 0.3) is 10.8 Å². The van der Waals surface area contributed by atoms with E-state index in [1.807, 2.05) is 0 Å². The standard InChI is InChI=1S/C18H14N2O7S/c1-10-2-4-15(16(6-10)20(23)24)18(22)19-12-7-11-8-13(28(25,26)27)3-5-14(11)17(21)9-12/h2-9,21H,1H3,(H,19,22)(H,25,26,27). The summed E-state index contributed by atoms with van der Waals surface area (Å²) in [6, 6.07) is 10.3. The summed E-state index contributed by atoms with van der Waals surface area (Å²) in [5, 5.41) is 24.3. The fourth-order valence-electron chi connectivity index (χ4n) is 2.74. The number of hydrogen-bond donors (Lipinski definition) is 3. The van der Waals surface area contributed by atoms with Gasteiger partial charge in [-0.15, -0.1) is 0 Å². The molecule has 0 aliphatic rings. The number of anilines is 1. The van der Waals surface area contributed by atoms with Gasteiger partial charge in [0, 0.05) is 23.2 Å². The van der Waals surface area contributed by atoms with Gasteiger partial charge < -0.3 is 10.4 Å². The topological polar surface area (TPSA) is 147 Å². The Morgan fingerprint density at radius 1 is 1.11 bits per heavy atom. The zero-order chi connectivity index (χ0) is 20.6. The Bertz CT molecular complexity index is 1240. The number of benzene rings is 3. The summed E-state index contributed by atoms with van der Waals surface area (Å²) in [6.07, 6.45) is 0. The number of aryl methyl sites for hydroxylation is 1. The van der Waals surface area contributed by atoms with Crippen LogP contribution in [0.5, 0.6) is 5.75 Å². The first-order chi connectivity index (χ1) is 13.1. The Morgan fingerprint density at radius 2 is 1.82 bits per heavy atom. The van der Waals surface area contributed by atoms with Gasteiger partial charge in [-0.05, 0) is 48.2 Å². The summed E-state index contributed by atoms with van der Waals surface area (Å²) in [7, 11) is -4.45. The fourth-order valence-corrected chi connectivity index (χ4v) is 3.26. The van der Waals surface area contributed by atoms with E-state index in [0.717, 1.165) is 12.1 Å². The lowest BCUT2D eigenvalue weighted by molar-refractivity contribution is -0.385. The van der Waals surface area contributed by atoms with Crippen molar-refractivity contribution in [2.45, 2.75) is 11.8 Å². The van der Waals surface area contributed by atoms with Crippen molar-refractivity contribution in [3.8, 4) is 5.75 Å². The van der Waals surface area contributed by atoms with Crippen LogP contribution < -0.4 is 5.32 Å². The number of nitro groups is 1. The third-order valence-corrected chi connectivity index (χ3v) is 4.90. The molecule has 0 saturated heterocycles. The van der Waals surface area contributed by atoms with E-state index in [9.17, 15) is 28.4 Å². The minimum Gasteiger partial charge on any atom is -0.507 e. The molecule has 10 heteroatoms. The van der Waals surface area contributed by atoms with E-state index in [1.165, 1.54) is 30.3 Å². The Kier molecular flexibility index (Phi) is 4.75. The summed E-state index contributed by atoms with van der Waals surface area (Å²) >= 11 is 0. The molecule has 0 aromatic heterocycles. The van der Waals surface area contributed by atoms with Crippen molar-refractivity contribution in [2.24, 2.45) is 0 Å². The zero-order valence-electron chi connectivity index (χ0n) is 14.4. The van der Waals surface area contributed by atoms with Gasteiger partial charge in [0.25, 0.3) is 21.7 Å². The van der Waals surface area contributed by atoms with Crippen LogP contribution in [0.1, 0.15) is 15.9 Å². The largest absolute Gasteiger partial charge is 0.507 e. The van der Waals surface area contributed by atoms with Gasteiger partial charge in [-0.25, -0.2) is 0 Å². The van der Waals surface area contributed by atoms with Crippen LogP contribution in [0.2, 0.25) is 0 Å². The molecule has 9 nitrogen and oxygen atoms in total. The molecule has 1 amide bonds. The minimum atomic E-state index is -4.45. The molecule has 0 atom stereocenters. The third kappa shape index (κ3) is 3.77. The maximum atomic E-state index is 12.5. The van der Waals surface area contributed by atoms with Gasteiger partial charge in [0.2, 0.25) is 0 Å². The second-order valence-electron chi connectivity index (χ2n) is 6.09. The number of hydrogen-bond acceptors (Lipinski definition) is 6. The van der Waals surface area contributed by atoms with Crippen LogP contribution in [0.3, 0.4) is 0 Å². The monoisotopic (exact) mass is 402 g/mol. The van der Waals surface area contributed by atoms with E-state index in [0.29, 0.717) is 10.9 Å². The molecule has 0 unspecified atom stereocenters. The molecule has 3 rings (SSSR count). The molecular formula is C18H14N2O7S. The van der Waals surface area contributed by atoms with Crippen molar-refractivity contribution in [1.82, 2.24) is 0 Å². The van der Waals surface area contributed by atoms with Gasteiger partial charge in [0.05, 0.1) is 9.82 Å². The van der Waals surface area contributed by atoms with Crippen molar-refractivity contribution in [3.63, 3.8) is 0 Å². The molecule has 28 heavy (non-hydrogen) atoms. The number of amides is 1. The van der Waals surface area contributed by atoms with Crippen molar-refractivity contribution in [3.05, 3.63) is 69.8 Å². The second-order valence-corrected chi connectivity index (χ2v) is 7.51. The predicted octanol–water partition coefficient (Wildman–Crippen LogP) is 3.26. The highest BCUT2D eigenvalue weighted by molar-refractivity contribution is 7.85. The molecule has 0 radical (unpaired) electrons. The summed E-state index contributed by atoms with van der Waals surface area (Å²) in [4.78, 5) is 22.6. The number of nitro benzene ring substituents is 1. The molecule has 0 heterocycles. The van der Waals surface area contributed by atoms with Crippen LogP contribution in [-0.4, -0.2) is 28.9 Å². The first-order valence-electron chi connectivity index (χ1n) is 7.87. The Balaban J connectivity index is 2.03. The maximum absolute atomic E-state index is 12.5. The van der Waals surface area contributed by atoms with Gasteiger partial charge in [0.15, 0.2) is 0 Å². The van der Waals surface area contributed by atoms with E-state index in [4.69, 9.17) is 4.55 Å².